The molecular weight excluding hydrogens is 464 g/mol. The molecule has 5 rings (SSSR count). The van der Waals surface area contributed by atoms with E-state index in [0.717, 1.165) is 49.9 Å². The molecule has 2 N–H and O–H groups in total. The van der Waals surface area contributed by atoms with Crippen LogP contribution in [-0.4, -0.2) is 34.1 Å². The molecule has 37 heavy (non-hydrogen) atoms. The Bertz CT molecular complexity index is 1680. The van der Waals surface area contributed by atoms with E-state index in [9.17, 15) is 9.59 Å². The maximum atomic E-state index is 12.9. The summed E-state index contributed by atoms with van der Waals surface area (Å²) >= 11 is 0. The highest BCUT2D eigenvalue weighted by Crippen LogP contribution is 2.24. The number of aromatic amines is 1. The van der Waals surface area contributed by atoms with Gasteiger partial charge < -0.3 is 19.6 Å². The highest BCUT2D eigenvalue weighted by Gasteiger charge is 2.12. The summed E-state index contributed by atoms with van der Waals surface area (Å²) in [6, 6.07) is 17.4. The Kier molecular flexibility index (Phi) is 6.53. The second-order valence-electron chi connectivity index (χ2n) is 9.44. The molecule has 7 nitrogen and oxygen atoms in total. The van der Waals surface area contributed by atoms with E-state index in [1.54, 1.807) is 30.7 Å². The van der Waals surface area contributed by atoms with Gasteiger partial charge >= 0.3 is 0 Å². The molecule has 2 aromatic heterocycles. The minimum Gasteiger partial charge on any atom is -0.497 e. The van der Waals surface area contributed by atoms with E-state index in [2.05, 4.69) is 15.3 Å². The Morgan fingerprint density at radius 1 is 1.03 bits per heavy atom. The van der Waals surface area contributed by atoms with Crippen molar-refractivity contribution in [3.8, 4) is 5.75 Å². The van der Waals surface area contributed by atoms with Crippen LogP contribution in [0.25, 0.3) is 21.9 Å². The van der Waals surface area contributed by atoms with Gasteiger partial charge in [0, 0.05) is 29.2 Å². The zero-order valence-corrected chi connectivity index (χ0v) is 21.5. The molecule has 1 amide bonds. The van der Waals surface area contributed by atoms with E-state index in [-0.39, 0.29) is 11.5 Å². The van der Waals surface area contributed by atoms with Crippen molar-refractivity contribution in [1.29, 1.82) is 0 Å². The second-order valence-corrected chi connectivity index (χ2v) is 9.44. The number of methoxy groups -OCH3 is 1. The van der Waals surface area contributed by atoms with Gasteiger partial charge in [-0.05, 0) is 91.9 Å². The van der Waals surface area contributed by atoms with Gasteiger partial charge in [-0.2, -0.15) is 0 Å². The molecule has 188 valence electrons. The maximum absolute atomic E-state index is 12.9. The summed E-state index contributed by atoms with van der Waals surface area (Å²) in [6.07, 6.45) is 2.67. The first-order chi connectivity index (χ1) is 17.8. The molecule has 5 aromatic rings. The van der Waals surface area contributed by atoms with Crippen molar-refractivity contribution in [3.05, 3.63) is 105 Å². The topological polar surface area (TPSA) is 89.0 Å². The third-order valence-corrected chi connectivity index (χ3v) is 6.94. The van der Waals surface area contributed by atoms with Gasteiger partial charge in [0.15, 0.2) is 0 Å². The molecule has 0 unspecified atom stereocenters. The average molecular weight is 495 g/mol. The van der Waals surface area contributed by atoms with Crippen LogP contribution in [-0.2, 0) is 13.0 Å². The Morgan fingerprint density at radius 2 is 1.78 bits per heavy atom. The average Bonchev–Trinajstić information content (AvgIpc) is 3.30. The van der Waals surface area contributed by atoms with E-state index in [1.807, 2.05) is 62.5 Å². The van der Waals surface area contributed by atoms with Crippen LogP contribution in [0.1, 0.15) is 38.3 Å². The Hall–Kier alpha value is -4.39. The molecule has 0 radical (unpaired) electrons. The number of amides is 1. The van der Waals surface area contributed by atoms with E-state index in [0.29, 0.717) is 30.8 Å². The number of rotatable bonds is 7. The first-order valence-electron chi connectivity index (χ1n) is 12.3. The molecule has 0 saturated heterocycles. The number of carbonyl (C=O) groups excluding carboxylic acids is 1. The van der Waals surface area contributed by atoms with Crippen molar-refractivity contribution >= 4 is 27.8 Å². The standard InChI is InChI=1S/C30H30N4O3/c1-18-13-27-28(14-19(18)2)34(30(36)20(3)33-27)17-21-5-7-22(8-6-21)29(35)31-12-11-23-16-32-26-10-9-24(37-4)15-25(23)26/h5-10,13-16,32H,11-12,17H2,1-4H3,(H,31,35). The minimum absolute atomic E-state index is 0.104. The molecule has 0 saturated carbocycles. The predicted molar refractivity (Wildman–Crippen MR) is 147 cm³/mol. The number of ether oxygens (including phenoxy) is 1. The highest BCUT2D eigenvalue weighted by molar-refractivity contribution is 5.94. The fraction of sp³-hybridized carbons (Fsp3) is 0.233. The maximum Gasteiger partial charge on any atom is 0.272 e. The van der Waals surface area contributed by atoms with Crippen LogP contribution < -0.4 is 15.6 Å². The number of benzene rings is 3. The van der Waals surface area contributed by atoms with Crippen LogP contribution in [0.15, 0.2) is 65.6 Å². The Labute approximate surface area is 215 Å². The summed E-state index contributed by atoms with van der Waals surface area (Å²) in [5.41, 5.74) is 7.94. The molecule has 0 aliphatic rings. The Morgan fingerprint density at radius 3 is 2.54 bits per heavy atom. The quantitative estimate of drug-likeness (QED) is 0.339. The number of hydrogen-bond acceptors (Lipinski definition) is 4. The number of carbonyl (C=O) groups is 1. The van der Waals surface area contributed by atoms with Crippen LogP contribution in [0.5, 0.6) is 5.75 Å². The van der Waals surface area contributed by atoms with Crippen molar-refractivity contribution < 1.29 is 9.53 Å². The molecular formula is C30H30N4O3. The normalized spacial score (nSPS) is 11.2. The van der Waals surface area contributed by atoms with Crippen molar-refractivity contribution in [2.75, 3.05) is 13.7 Å². The lowest BCUT2D eigenvalue weighted by Crippen LogP contribution is -2.26. The molecule has 0 spiro atoms. The number of nitrogens with zero attached hydrogens (tertiary/aromatic N) is 2. The van der Waals surface area contributed by atoms with Crippen molar-refractivity contribution in [2.24, 2.45) is 0 Å². The third kappa shape index (κ3) is 4.85. The lowest BCUT2D eigenvalue weighted by atomic mass is 10.1. The van der Waals surface area contributed by atoms with Crippen LogP contribution in [0.2, 0.25) is 0 Å². The molecule has 2 heterocycles. The summed E-state index contributed by atoms with van der Waals surface area (Å²) in [7, 11) is 1.65. The minimum atomic E-state index is -0.127. The largest absolute Gasteiger partial charge is 0.497 e. The summed E-state index contributed by atoms with van der Waals surface area (Å²) in [4.78, 5) is 33.4. The monoisotopic (exact) mass is 494 g/mol. The predicted octanol–water partition coefficient (Wildman–Crippen LogP) is 4.83. The van der Waals surface area contributed by atoms with Crippen LogP contribution in [0, 0.1) is 20.8 Å². The van der Waals surface area contributed by atoms with E-state index in [4.69, 9.17) is 4.74 Å². The molecule has 7 heteroatoms. The van der Waals surface area contributed by atoms with Gasteiger partial charge in [-0.3, -0.25) is 9.59 Å². The van der Waals surface area contributed by atoms with E-state index >= 15 is 0 Å². The highest BCUT2D eigenvalue weighted by atomic mass is 16.5. The smallest absolute Gasteiger partial charge is 0.272 e. The first-order valence-corrected chi connectivity index (χ1v) is 12.3. The van der Waals surface area contributed by atoms with Crippen molar-refractivity contribution in [2.45, 2.75) is 33.7 Å². The van der Waals surface area contributed by atoms with E-state index < -0.39 is 0 Å². The number of nitrogens with one attached hydrogen (secondary N) is 2. The van der Waals surface area contributed by atoms with Crippen molar-refractivity contribution in [3.63, 3.8) is 0 Å². The molecule has 0 atom stereocenters. The fourth-order valence-corrected chi connectivity index (χ4v) is 4.63. The summed E-state index contributed by atoms with van der Waals surface area (Å²) in [6.45, 7) is 6.75. The van der Waals surface area contributed by atoms with Crippen LogP contribution in [0.4, 0.5) is 0 Å². The van der Waals surface area contributed by atoms with Gasteiger partial charge in [-0.1, -0.05) is 12.1 Å². The van der Waals surface area contributed by atoms with Gasteiger partial charge in [0.25, 0.3) is 11.5 Å². The van der Waals surface area contributed by atoms with Gasteiger partial charge in [-0.15, -0.1) is 0 Å². The molecule has 0 aliphatic carbocycles. The van der Waals surface area contributed by atoms with Crippen LogP contribution in [0.3, 0.4) is 0 Å². The second kappa shape index (κ2) is 9.93. The lowest BCUT2D eigenvalue weighted by molar-refractivity contribution is 0.0954. The van der Waals surface area contributed by atoms with Gasteiger partial charge in [0.2, 0.25) is 0 Å². The number of aromatic nitrogens is 3. The number of H-pyrrole nitrogens is 1. The molecule has 3 aromatic carbocycles. The van der Waals surface area contributed by atoms with Gasteiger partial charge in [0.05, 0.1) is 24.7 Å². The zero-order chi connectivity index (χ0) is 26.1. The zero-order valence-electron chi connectivity index (χ0n) is 21.5. The number of aryl methyl sites for hydroxylation is 3. The molecule has 0 aliphatic heterocycles. The molecule has 0 fully saturated rings. The van der Waals surface area contributed by atoms with Crippen molar-refractivity contribution in [1.82, 2.24) is 19.9 Å². The molecule has 0 bridgehead atoms. The Balaban J connectivity index is 1.28. The van der Waals surface area contributed by atoms with E-state index in [1.165, 1.54) is 0 Å². The van der Waals surface area contributed by atoms with Gasteiger partial charge in [-0.25, -0.2) is 4.98 Å². The number of hydrogen-bond donors (Lipinski definition) is 2. The summed E-state index contributed by atoms with van der Waals surface area (Å²) in [5, 5.41) is 4.10. The van der Waals surface area contributed by atoms with Crippen LogP contribution >= 0.6 is 0 Å². The number of fused-ring (bicyclic) bond motifs is 2. The summed E-state index contributed by atoms with van der Waals surface area (Å²) < 4.78 is 7.09. The first kappa shape index (κ1) is 24.3. The third-order valence-electron chi connectivity index (χ3n) is 6.94. The van der Waals surface area contributed by atoms with Gasteiger partial charge in [0.1, 0.15) is 11.4 Å². The SMILES string of the molecule is COc1ccc2[nH]cc(CCNC(=O)c3ccc(Cn4c(=O)c(C)nc5cc(C)c(C)cc54)cc3)c2c1. The summed E-state index contributed by atoms with van der Waals surface area (Å²) in [5.74, 6) is 0.678. The fourth-order valence-electron chi connectivity index (χ4n) is 4.63. The lowest BCUT2D eigenvalue weighted by Gasteiger charge is -2.13.